The van der Waals surface area contributed by atoms with Crippen LogP contribution in [0, 0.1) is 6.92 Å². The summed E-state index contributed by atoms with van der Waals surface area (Å²) in [7, 11) is 2.05. The van der Waals surface area contributed by atoms with E-state index in [2.05, 4.69) is 42.2 Å². The maximum Gasteiger partial charge on any atom is 0.128 e. The predicted octanol–water partition coefficient (Wildman–Crippen LogP) is 2.39. The van der Waals surface area contributed by atoms with Crippen molar-refractivity contribution in [2.24, 2.45) is 0 Å². The molecule has 1 fully saturated rings. The zero-order valence-corrected chi connectivity index (χ0v) is 11.2. The molecule has 3 nitrogen and oxygen atoms in total. The molecule has 1 N–H and O–H groups in total. The summed E-state index contributed by atoms with van der Waals surface area (Å²) in [6.45, 7) is 6.60. The zero-order valence-electron chi connectivity index (χ0n) is 11.2. The molecule has 1 aliphatic rings. The molecule has 0 aliphatic carbocycles. The van der Waals surface area contributed by atoms with Crippen LogP contribution in [-0.2, 0) is 6.42 Å². The summed E-state index contributed by atoms with van der Waals surface area (Å²) >= 11 is 0. The molecule has 1 aromatic rings. The highest BCUT2D eigenvalue weighted by molar-refractivity contribution is 5.43. The number of hydrogen-bond donors (Lipinski definition) is 1. The summed E-state index contributed by atoms with van der Waals surface area (Å²) in [4.78, 5) is 6.99. The molecule has 2 rings (SSSR count). The summed E-state index contributed by atoms with van der Waals surface area (Å²) in [5.41, 5.74) is 2.73. The van der Waals surface area contributed by atoms with E-state index in [1.807, 2.05) is 6.20 Å². The van der Waals surface area contributed by atoms with Gasteiger partial charge >= 0.3 is 0 Å². The van der Waals surface area contributed by atoms with Gasteiger partial charge in [-0.25, -0.2) is 4.98 Å². The molecule has 2 heterocycles. The minimum Gasteiger partial charge on any atom is -0.356 e. The third kappa shape index (κ3) is 2.78. The number of nitrogens with zero attached hydrogens (tertiary/aromatic N) is 2. The van der Waals surface area contributed by atoms with Gasteiger partial charge in [-0.2, -0.15) is 0 Å². The van der Waals surface area contributed by atoms with E-state index in [9.17, 15) is 0 Å². The Balaban J connectivity index is 0.00000162. The summed E-state index contributed by atoms with van der Waals surface area (Å²) in [5, 5.41) is 3.36. The van der Waals surface area contributed by atoms with Gasteiger partial charge in [-0.1, -0.05) is 6.92 Å². The van der Waals surface area contributed by atoms with E-state index in [4.69, 9.17) is 0 Å². The number of rotatable bonds is 3. The van der Waals surface area contributed by atoms with Crippen LogP contribution in [0.3, 0.4) is 0 Å². The Labute approximate surface area is 106 Å². The van der Waals surface area contributed by atoms with Crippen LogP contribution < -0.4 is 10.2 Å². The second-order valence-electron chi connectivity index (χ2n) is 4.87. The smallest absolute Gasteiger partial charge is 0.128 e. The quantitative estimate of drug-likeness (QED) is 0.872. The average Bonchev–Trinajstić information content (AvgIpc) is 2.39. The van der Waals surface area contributed by atoms with Crippen LogP contribution in [0.4, 0.5) is 5.82 Å². The van der Waals surface area contributed by atoms with Crippen molar-refractivity contribution in [3.63, 3.8) is 0 Å². The van der Waals surface area contributed by atoms with E-state index in [0.717, 1.165) is 25.3 Å². The lowest BCUT2D eigenvalue weighted by Gasteiger charge is -2.32. The Hall–Kier alpha value is -1.09. The largest absolute Gasteiger partial charge is 0.356 e. The Morgan fingerprint density at radius 3 is 2.71 bits per heavy atom. The second kappa shape index (κ2) is 5.50. The van der Waals surface area contributed by atoms with Gasteiger partial charge in [0.2, 0.25) is 0 Å². The highest BCUT2D eigenvalue weighted by Gasteiger charge is 2.18. The minimum absolute atomic E-state index is 0. The lowest BCUT2D eigenvalue weighted by Crippen LogP contribution is -2.41. The van der Waals surface area contributed by atoms with Crippen LogP contribution >= 0.6 is 0 Å². The molecule has 0 atom stereocenters. The number of anilines is 1. The second-order valence-corrected chi connectivity index (χ2v) is 4.87. The molecule has 96 valence electrons. The molecule has 0 unspecified atom stereocenters. The molecule has 0 spiro atoms. The SMILES string of the molecule is CCc1cnc(N2CCC(NC)CC2)cc1C.[HH]. The van der Waals surface area contributed by atoms with Gasteiger partial charge in [0.15, 0.2) is 0 Å². The van der Waals surface area contributed by atoms with Crippen molar-refractivity contribution in [3.05, 3.63) is 23.4 Å². The van der Waals surface area contributed by atoms with Crippen molar-refractivity contribution < 1.29 is 1.43 Å². The topological polar surface area (TPSA) is 28.2 Å². The van der Waals surface area contributed by atoms with Crippen LogP contribution in [0.1, 0.15) is 32.3 Å². The van der Waals surface area contributed by atoms with Crippen molar-refractivity contribution in [1.82, 2.24) is 10.3 Å². The number of piperidine rings is 1. The van der Waals surface area contributed by atoms with Gasteiger partial charge < -0.3 is 10.2 Å². The third-order valence-electron chi connectivity index (χ3n) is 3.81. The zero-order chi connectivity index (χ0) is 12.3. The van der Waals surface area contributed by atoms with Gasteiger partial charge in [0.1, 0.15) is 5.82 Å². The molecular weight excluding hydrogens is 210 g/mol. The predicted molar refractivity (Wildman–Crippen MR) is 74.8 cm³/mol. The van der Waals surface area contributed by atoms with E-state index in [0.29, 0.717) is 6.04 Å². The van der Waals surface area contributed by atoms with Crippen molar-refractivity contribution in [2.75, 3.05) is 25.0 Å². The van der Waals surface area contributed by atoms with Gasteiger partial charge in [-0.3, -0.25) is 0 Å². The van der Waals surface area contributed by atoms with Crippen LogP contribution in [0.5, 0.6) is 0 Å². The highest BCUT2D eigenvalue weighted by atomic mass is 15.2. The van der Waals surface area contributed by atoms with Crippen LogP contribution in [0.25, 0.3) is 0 Å². The van der Waals surface area contributed by atoms with E-state index in [-0.39, 0.29) is 1.43 Å². The summed E-state index contributed by atoms with van der Waals surface area (Å²) in [5.74, 6) is 1.15. The molecule has 1 saturated heterocycles. The van der Waals surface area contributed by atoms with Gasteiger partial charge in [-0.15, -0.1) is 0 Å². The Morgan fingerprint density at radius 1 is 1.47 bits per heavy atom. The number of pyridine rings is 1. The van der Waals surface area contributed by atoms with Gasteiger partial charge in [0.25, 0.3) is 0 Å². The van der Waals surface area contributed by atoms with Crippen molar-refractivity contribution in [2.45, 2.75) is 39.2 Å². The molecule has 0 aromatic carbocycles. The molecule has 17 heavy (non-hydrogen) atoms. The van der Waals surface area contributed by atoms with Crippen molar-refractivity contribution in [1.29, 1.82) is 0 Å². The van der Waals surface area contributed by atoms with Gasteiger partial charge in [-0.05, 0) is 50.4 Å². The van der Waals surface area contributed by atoms with Crippen LogP contribution in [0.2, 0.25) is 0 Å². The molecule has 1 aromatic heterocycles. The number of aryl methyl sites for hydroxylation is 2. The summed E-state index contributed by atoms with van der Waals surface area (Å²) in [6, 6.07) is 2.92. The molecule has 0 bridgehead atoms. The first kappa shape index (κ1) is 12.4. The molecule has 0 radical (unpaired) electrons. The van der Waals surface area contributed by atoms with E-state index >= 15 is 0 Å². The van der Waals surface area contributed by atoms with E-state index in [1.165, 1.54) is 24.0 Å². The Kier molecular flexibility index (Phi) is 4.00. The Morgan fingerprint density at radius 2 is 2.18 bits per heavy atom. The first-order valence-electron chi connectivity index (χ1n) is 6.62. The summed E-state index contributed by atoms with van der Waals surface area (Å²) in [6.07, 6.45) is 5.54. The lowest BCUT2D eigenvalue weighted by atomic mass is 10.0. The first-order chi connectivity index (χ1) is 8.24. The maximum atomic E-state index is 4.59. The fourth-order valence-electron chi connectivity index (χ4n) is 2.51. The lowest BCUT2D eigenvalue weighted by molar-refractivity contribution is 0.441. The molecule has 1 aliphatic heterocycles. The minimum atomic E-state index is 0. The monoisotopic (exact) mass is 235 g/mol. The highest BCUT2D eigenvalue weighted by Crippen LogP contribution is 2.20. The average molecular weight is 235 g/mol. The standard InChI is InChI=1S/C14H23N3.H2/c1-4-12-10-16-14(9-11(12)2)17-7-5-13(15-3)6-8-17;/h9-10,13,15H,4-8H2,1-3H3;1H. The molecular formula is C14H25N3. The van der Waals surface area contributed by atoms with Crippen molar-refractivity contribution >= 4 is 5.82 Å². The van der Waals surface area contributed by atoms with E-state index < -0.39 is 0 Å². The number of aromatic nitrogens is 1. The van der Waals surface area contributed by atoms with Gasteiger partial charge in [0, 0.05) is 26.8 Å². The fourth-order valence-corrected chi connectivity index (χ4v) is 2.51. The first-order valence-corrected chi connectivity index (χ1v) is 6.62. The normalized spacial score (nSPS) is 17.5. The molecule has 0 amide bonds. The number of hydrogen-bond acceptors (Lipinski definition) is 3. The van der Waals surface area contributed by atoms with Gasteiger partial charge in [0.05, 0.1) is 0 Å². The van der Waals surface area contributed by atoms with Crippen molar-refractivity contribution in [3.8, 4) is 0 Å². The fraction of sp³-hybridized carbons (Fsp3) is 0.643. The van der Waals surface area contributed by atoms with Crippen LogP contribution in [-0.4, -0.2) is 31.2 Å². The molecule has 3 heteroatoms. The van der Waals surface area contributed by atoms with Crippen LogP contribution in [0.15, 0.2) is 12.3 Å². The summed E-state index contributed by atoms with van der Waals surface area (Å²) < 4.78 is 0. The third-order valence-corrected chi connectivity index (χ3v) is 3.81. The van der Waals surface area contributed by atoms with E-state index in [1.54, 1.807) is 0 Å². The Bertz CT molecular complexity index is 373. The maximum absolute atomic E-state index is 4.59. The molecule has 0 saturated carbocycles. The number of nitrogens with one attached hydrogen (secondary N) is 1.